The number of carbonyl (C=O) groups is 3. The van der Waals surface area contributed by atoms with Gasteiger partial charge in [-0.05, 0) is 25.2 Å². The smallest absolute Gasteiger partial charge is 0.244 e. The Balaban J connectivity index is 1.99. The lowest BCUT2D eigenvalue weighted by Gasteiger charge is -2.40. The maximum absolute atomic E-state index is 13.6. The molecular weight excluding hydrogens is 390 g/mol. The fourth-order valence-corrected chi connectivity index (χ4v) is 8.12. The molecule has 3 fully saturated rings. The molecule has 3 amide bonds. The molecule has 1 spiro atoms. The standard InChI is InChI=1S/C21H35N3O4S/c1-5-7-8-9-23-19(27)17-21-12(3)10-14(29-21)15(18(26)22-4)16(21)20(28)24(17)13(6-2)11-25/h12-17,25H,5-11H2,1-4H3,(H,22,26)(H,23,27)/t12?,13-,14+,15-,16-,17?,21?/m0/s1. The number of thioether (sulfide) groups is 1. The molecule has 3 heterocycles. The van der Waals surface area contributed by atoms with Gasteiger partial charge in [0.15, 0.2) is 0 Å². The molecule has 29 heavy (non-hydrogen) atoms. The first-order chi connectivity index (χ1) is 13.9. The molecule has 7 atom stereocenters. The summed E-state index contributed by atoms with van der Waals surface area (Å²) < 4.78 is -0.601. The molecule has 2 bridgehead atoms. The summed E-state index contributed by atoms with van der Waals surface area (Å²) in [5.41, 5.74) is 0. The molecule has 0 aliphatic carbocycles. The van der Waals surface area contributed by atoms with Crippen LogP contribution in [0.4, 0.5) is 0 Å². The quantitative estimate of drug-likeness (QED) is 0.481. The van der Waals surface area contributed by atoms with Crippen molar-refractivity contribution in [2.45, 2.75) is 75.0 Å². The molecule has 8 heteroatoms. The highest BCUT2D eigenvalue weighted by atomic mass is 32.2. The Morgan fingerprint density at radius 1 is 1.31 bits per heavy atom. The number of aliphatic hydroxyl groups excluding tert-OH is 1. The Labute approximate surface area is 177 Å². The zero-order valence-corrected chi connectivity index (χ0v) is 18.8. The summed E-state index contributed by atoms with van der Waals surface area (Å²) in [7, 11) is 1.60. The molecule has 3 rings (SSSR count). The van der Waals surface area contributed by atoms with Gasteiger partial charge in [0.25, 0.3) is 0 Å². The molecule has 3 N–H and O–H groups in total. The van der Waals surface area contributed by atoms with Crippen LogP contribution in [-0.4, -0.2) is 70.0 Å². The maximum Gasteiger partial charge on any atom is 0.244 e. The van der Waals surface area contributed by atoms with Crippen molar-refractivity contribution >= 4 is 29.5 Å². The Bertz CT molecular complexity index is 656. The third-order valence-electron chi connectivity index (χ3n) is 7.14. The van der Waals surface area contributed by atoms with Crippen LogP contribution in [0.2, 0.25) is 0 Å². The van der Waals surface area contributed by atoms with Gasteiger partial charge in [-0.25, -0.2) is 0 Å². The van der Waals surface area contributed by atoms with Crippen LogP contribution in [0, 0.1) is 17.8 Å². The molecule has 3 aliphatic heterocycles. The number of rotatable bonds is 9. The van der Waals surface area contributed by atoms with E-state index in [0.717, 1.165) is 25.7 Å². The number of carbonyl (C=O) groups excluding carboxylic acids is 3. The van der Waals surface area contributed by atoms with Crippen molar-refractivity contribution < 1.29 is 19.5 Å². The lowest BCUT2D eigenvalue weighted by atomic mass is 9.66. The van der Waals surface area contributed by atoms with Gasteiger partial charge in [0.2, 0.25) is 17.7 Å². The van der Waals surface area contributed by atoms with E-state index in [0.29, 0.717) is 13.0 Å². The van der Waals surface area contributed by atoms with Crippen molar-refractivity contribution in [2.24, 2.45) is 17.8 Å². The summed E-state index contributed by atoms with van der Waals surface area (Å²) >= 11 is 1.67. The Kier molecular flexibility index (Phi) is 6.83. The SMILES string of the molecule is CCCCCNC(=O)C1N([C@@H](CC)CO)C(=O)[C@@H]2[C@@H](C(=O)NC)[C@H]3CC(C)C12S3. The lowest BCUT2D eigenvalue weighted by Crippen LogP contribution is -2.58. The third-order valence-corrected chi connectivity index (χ3v) is 9.21. The molecule has 0 aromatic carbocycles. The predicted octanol–water partition coefficient (Wildman–Crippen LogP) is 1.15. The van der Waals surface area contributed by atoms with E-state index in [1.165, 1.54) is 0 Å². The van der Waals surface area contributed by atoms with Gasteiger partial charge in [-0.3, -0.25) is 14.4 Å². The van der Waals surface area contributed by atoms with Crippen molar-refractivity contribution in [1.29, 1.82) is 0 Å². The summed E-state index contributed by atoms with van der Waals surface area (Å²) in [4.78, 5) is 41.4. The molecule has 0 saturated carbocycles. The van der Waals surface area contributed by atoms with Gasteiger partial charge in [0.05, 0.1) is 29.2 Å². The van der Waals surface area contributed by atoms with E-state index in [2.05, 4.69) is 24.5 Å². The van der Waals surface area contributed by atoms with E-state index in [4.69, 9.17) is 0 Å². The number of aliphatic hydroxyl groups is 1. The minimum absolute atomic E-state index is 0.0608. The van der Waals surface area contributed by atoms with Crippen LogP contribution in [0.25, 0.3) is 0 Å². The number of hydrogen-bond donors (Lipinski definition) is 3. The van der Waals surface area contributed by atoms with Crippen LogP contribution in [0.1, 0.15) is 52.9 Å². The molecule has 3 unspecified atom stereocenters. The van der Waals surface area contributed by atoms with Crippen LogP contribution in [-0.2, 0) is 14.4 Å². The van der Waals surface area contributed by atoms with E-state index in [1.807, 2.05) is 6.92 Å². The third kappa shape index (κ3) is 3.36. The zero-order chi connectivity index (χ0) is 21.3. The minimum atomic E-state index is -0.640. The summed E-state index contributed by atoms with van der Waals surface area (Å²) in [6, 6.07) is -1.05. The fourth-order valence-electron chi connectivity index (χ4n) is 5.72. The number of unbranched alkanes of at least 4 members (excludes halogenated alkanes) is 2. The Hall–Kier alpha value is -1.28. The summed E-state index contributed by atoms with van der Waals surface area (Å²) in [5, 5.41) is 15.8. The molecule has 0 aromatic rings. The second-order valence-electron chi connectivity index (χ2n) is 8.66. The zero-order valence-electron chi connectivity index (χ0n) is 17.9. The first-order valence-electron chi connectivity index (χ1n) is 11.0. The molecule has 3 saturated heterocycles. The molecule has 0 radical (unpaired) electrons. The van der Waals surface area contributed by atoms with E-state index in [-0.39, 0.29) is 35.5 Å². The predicted molar refractivity (Wildman–Crippen MR) is 113 cm³/mol. The lowest BCUT2D eigenvalue weighted by molar-refractivity contribution is -0.142. The average Bonchev–Trinajstić information content (AvgIpc) is 3.30. The van der Waals surface area contributed by atoms with Crippen LogP contribution in [0.5, 0.6) is 0 Å². The summed E-state index contributed by atoms with van der Waals surface area (Å²) in [6.45, 7) is 6.54. The highest BCUT2D eigenvalue weighted by Gasteiger charge is 2.76. The minimum Gasteiger partial charge on any atom is -0.394 e. The molecule has 164 valence electrons. The topological polar surface area (TPSA) is 98.7 Å². The largest absolute Gasteiger partial charge is 0.394 e. The van der Waals surface area contributed by atoms with Gasteiger partial charge in [-0.15, -0.1) is 11.8 Å². The normalized spacial score (nSPS) is 36.2. The number of nitrogens with one attached hydrogen (secondary N) is 2. The van der Waals surface area contributed by atoms with Gasteiger partial charge < -0.3 is 20.6 Å². The second kappa shape index (κ2) is 8.84. The maximum atomic E-state index is 13.6. The van der Waals surface area contributed by atoms with Crippen molar-refractivity contribution in [2.75, 3.05) is 20.2 Å². The highest BCUT2D eigenvalue weighted by Crippen LogP contribution is 2.68. The van der Waals surface area contributed by atoms with Gasteiger partial charge in [0, 0.05) is 18.8 Å². The van der Waals surface area contributed by atoms with Crippen molar-refractivity contribution in [3.05, 3.63) is 0 Å². The van der Waals surface area contributed by atoms with Crippen LogP contribution in [0.15, 0.2) is 0 Å². The number of fused-ring (bicyclic) bond motifs is 1. The number of likely N-dealkylation sites (tertiary alicyclic amines) is 1. The Morgan fingerprint density at radius 3 is 2.62 bits per heavy atom. The van der Waals surface area contributed by atoms with Crippen LogP contribution < -0.4 is 10.6 Å². The molecule has 0 aromatic heterocycles. The van der Waals surface area contributed by atoms with E-state index in [9.17, 15) is 19.5 Å². The second-order valence-corrected chi connectivity index (χ2v) is 10.2. The fraction of sp³-hybridized carbons (Fsp3) is 0.857. The van der Waals surface area contributed by atoms with Crippen LogP contribution >= 0.6 is 11.8 Å². The van der Waals surface area contributed by atoms with Gasteiger partial charge in [-0.1, -0.05) is 33.6 Å². The summed E-state index contributed by atoms with van der Waals surface area (Å²) in [6.07, 6.45) is 4.42. The summed E-state index contributed by atoms with van der Waals surface area (Å²) in [5.74, 6) is -1.16. The van der Waals surface area contributed by atoms with Crippen molar-refractivity contribution in [3.8, 4) is 0 Å². The number of hydrogen-bond acceptors (Lipinski definition) is 5. The number of amides is 3. The van der Waals surface area contributed by atoms with Gasteiger partial charge >= 0.3 is 0 Å². The molecule has 7 nitrogen and oxygen atoms in total. The van der Waals surface area contributed by atoms with E-state index < -0.39 is 28.7 Å². The highest BCUT2D eigenvalue weighted by molar-refractivity contribution is 8.02. The molecular formula is C21H35N3O4S. The van der Waals surface area contributed by atoms with E-state index >= 15 is 0 Å². The van der Waals surface area contributed by atoms with Crippen molar-refractivity contribution in [1.82, 2.24) is 15.5 Å². The average molecular weight is 426 g/mol. The van der Waals surface area contributed by atoms with E-state index in [1.54, 1.807) is 23.7 Å². The Morgan fingerprint density at radius 2 is 2.03 bits per heavy atom. The first-order valence-corrected chi connectivity index (χ1v) is 11.9. The number of nitrogens with zero attached hydrogens (tertiary/aromatic N) is 1. The van der Waals surface area contributed by atoms with Crippen LogP contribution in [0.3, 0.4) is 0 Å². The van der Waals surface area contributed by atoms with Crippen molar-refractivity contribution in [3.63, 3.8) is 0 Å². The monoisotopic (exact) mass is 425 g/mol. The van der Waals surface area contributed by atoms with Gasteiger partial charge in [-0.2, -0.15) is 0 Å². The van der Waals surface area contributed by atoms with Gasteiger partial charge in [0.1, 0.15) is 6.04 Å². The molecule has 3 aliphatic rings. The first kappa shape index (κ1) is 22.4.